The molecule has 0 aromatic heterocycles. The summed E-state index contributed by atoms with van der Waals surface area (Å²) >= 11 is 5.21. The summed E-state index contributed by atoms with van der Waals surface area (Å²) in [5, 5.41) is 12.6. The highest BCUT2D eigenvalue weighted by Gasteiger charge is 2.10. The summed E-state index contributed by atoms with van der Waals surface area (Å²) in [4.78, 5) is 2.03. The molecule has 0 rings (SSSR count). The third-order valence-corrected chi connectivity index (χ3v) is 2.31. The molecule has 0 saturated carbocycles. The van der Waals surface area contributed by atoms with Crippen molar-refractivity contribution in [2.45, 2.75) is 27.2 Å². The SMILES string of the molecule is CCCNC(=S)N(CC)CC(C)C#N. The predicted octanol–water partition coefficient (Wildman–Crippen LogP) is 1.75. The summed E-state index contributed by atoms with van der Waals surface area (Å²) < 4.78 is 0. The van der Waals surface area contributed by atoms with E-state index in [4.69, 9.17) is 17.5 Å². The Morgan fingerprint density at radius 3 is 2.64 bits per heavy atom. The minimum absolute atomic E-state index is 0.0244. The second-order valence-electron chi connectivity index (χ2n) is 3.30. The maximum atomic E-state index is 8.70. The minimum Gasteiger partial charge on any atom is -0.363 e. The lowest BCUT2D eigenvalue weighted by molar-refractivity contribution is 0.397. The van der Waals surface area contributed by atoms with Gasteiger partial charge in [-0.3, -0.25) is 0 Å². The molecule has 0 aromatic rings. The molecule has 3 nitrogen and oxygen atoms in total. The van der Waals surface area contributed by atoms with Crippen LogP contribution in [0.1, 0.15) is 27.2 Å². The second kappa shape index (κ2) is 7.57. The first-order chi connectivity index (χ1) is 6.65. The van der Waals surface area contributed by atoms with Gasteiger partial charge < -0.3 is 10.2 Å². The lowest BCUT2D eigenvalue weighted by atomic mass is 10.2. The predicted molar refractivity (Wildman–Crippen MR) is 62.9 cm³/mol. The van der Waals surface area contributed by atoms with E-state index in [1.165, 1.54) is 0 Å². The summed E-state index contributed by atoms with van der Waals surface area (Å²) in [7, 11) is 0. The van der Waals surface area contributed by atoms with E-state index >= 15 is 0 Å². The summed E-state index contributed by atoms with van der Waals surface area (Å²) in [6.45, 7) is 8.51. The summed E-state index contributed by atoms with van der Waals surface area (Å²) in [5.41, 5.74) is 0. The van der Waals surface area contributed by atoms with Gasteiger partial charge in [-0.2, -0.15) is 5.26 Å². The van der Waals surface area contributed by atoms with E-state index in [2.05, 4.69) is 18.3 Å². The van der Waals surface area contributed by atoms with Crippen LogP contribution in [0.25, 0.3) is 0 Å². The highest BCUT2D eigenvalue weighted by molar-refractivity contribution is 7.80. The molecule has 0 aliphatic carbocycles. The molecule has 0 heterocycles. The van der Waals surface area contributed by atoms with Crippen LogP contribution in [0.2, 0.25) is 0 Å². The number of nitrogens with zero attached hydrogens (tertiary/aromatic N) is 2. The van der Waals surface area contributed by atoms with Crippen LogP contribution >= 0.6 is 12.2 Å². The Hall–Kier alpha value is -0.820. The van der Waals surface area contributed by atoms with E-state index in [0.717, 1.165) is 24.6 Å². The van der Waals surface area contributed by atoms with Gasteiger partial charge in [-0.25, -0.2) is 0 Å². The van der Waals surface area contributed by atoms with Crippen LogP contribution < -0.4 is 5.32 Å². The fraction of sp³-hybridized carbons (Fsp3) is 0.800. The van der Waals surface area contributed by atoms with E-state index in [1.807, 2.05) is 18.7 Å². The van der Waals surface area contributed by atoms with Crippen molar-refractivity contribution in [2.24, 2.45) is 5.92 Å². The fourth-order valence-corrected chi connectivity index (χ4v) is 1.38. The van der Waals surface area contributed by atoms with Gasteiger partial charge in [-0.05, 0) is 32.5 Å². The molecule has 0 fully saturated rings. The first kappa shape index (κ1) is 13.2. The highest BCUT2D eigenvalue weighted by atomic mass is 32.1. The molecule has 0 aliphatic heterocycles. The van der Waals surface area contributed by atoms with Crippen LogP contribution in [0.4, 0.5) is 0 Å². The highest BCUT2D eigenvalue weighted by Crippen LogP contribution is 1.99. The number of hydrogen-bond donors (Lipinski definition) is 1. The zero-order valence-electron chi connectivity index (χ0n) is 9.21. The zero-order chi connectivity index (χ0) is 11.0. The Morgan fingerprint density at radius 2 is 2.21 bits per heavy atom. The van der Waals surface area contributed by atoms with Crippen LogP contribution in [0.5, 0.6) is 0 Å². The number of thiocarbonyl (C=S) groups is 1. The van der Waals surface area contributed by atoms with Gasteiger partial charge >= 0.3 is 0 Å². The molecular formula is C10H19N3S. The van der Waals surface area contributed by atoms with Crippen molar-refractivity contribution in [2.75, 3.05) is 19.6 Å². The van der Waals surface area contributed by atoms with Crippen molar-refractivity contribution >= 4 is 17.3 Å². The van der Waals surface area contributed by atoms with Crippen molar-refractivity contribution in [3.05, 3.63) is 0 Å². The topological polar surface area (TPSA) is 39.1 Å². The van der Waals surface area contributed by atoms with Gasteiger partial charge in [0.1, 0.15) is 0 Å². The van der Waals surface area contributed by atoms with E-state index in [-0.39, 0.29) is 5.92 Å². The van der Waals surface area contributed by atoms with Crippen LogP contribution in [0.3, 0.4) is 0 Å². The molecule has 0 saturated heterocycles. The summed E-state index contributed by atoms with van der Waals surface area (Å²) in [6, 6.07) is 2.21. The Labute approximate surface area is 92.1 Å². The average Bonchev–Trinajstić information content (AvgIpc) is 2.21. The normalized spacial score (nSPS) is 11.6. The molecule has 0 aliphatic rings. The number of rotatable bonds is 5. The molecule has 0 amide bonds. The maximum absolute atomic E-state index is 8.70. The van der Waals surface area contributed by atoms with Gasteiger partial charge in [0.25, 0.3) is 0 Å². The molecule has 1 N–H and O–H groups in total. The summed E-state index contributed by atoms with van der Waals surface area (Å²) in [6.07, 6.45) is 1.06. The molecular weight excluding hydrogens is 194 g/mol. The van der Waals surface area contributed by atoms with Crippen molar-refractivity contribution in [1.82, 2.24) is 10.2 Å². The van der Waals surface area contributed by atoms with Crippen molar-refractivity contribution in [3.8, 4) is 6.07 Å². The molecule has 14 heavy (non-hydrogen) atoms. The van der Waals surface area contributed by atoms with Gasteiger partial charge in [0.15, 0.2) is 5.11 Å². The Bertz CT molecular complexity index is 210. The van der Waals surface area contributed by atoms with Crippen molar-refractivity contribution in [1.29, 1.82) is 5.26 Å². The standard InChI is InChI=1S/C10H19N3S/c1-4-6-12-10(14)13(5-2)8-9(3)7-11/h9H,4-6,8H2,1-3H3,(H,12,14). The molecule has 0 bridgehead atoms. The largest absolute Gasteiger partial charge is 0.363 e. The Morgan fingerprint density at radius 1 is 1.57 bits per heavy atom. The molecule has 1 unspecified atom stereocenters. The van der Waals surface area contributed by atoms with E-state index in [0.29, 0.717) is 6.54 Å². The summed E-state index contributed by atoms with van der Waals surface area (Å²) in [5.74, 6) is 0.0244. The number of nitriles is 1. The van der Waals surface area contributed by atoms with Crippen LogP contribution in [0.15, 0.2) is 0 Å². The van der Waals surface area contributed by atoms with Crippen LogP contribution in [-0.4, -0.2) is 29.6 Å². The second-order valence-corrected chi connectivity index (χ2v) is 3.69. The van der Waals surface area contributed by atoms with Gasteiger partial charge in [0.05, 0.1) is 12.0 Å². The molecule has 80 valence electrons. The average molecular weight is 213 g/mol. The molecule has 0 radical (unpaired) electrons. The maximum Gasteiger partial charge on any atom is 0.168 e. The van der Waals surface area contributed by atoms with Crippen LogP contribution in [-0.2, 0) is 0 Å². The number of nitrogens with one attached hydrogen (secondary N) is 1. The third kappa shape index (κ3) is 5.03. The quantitative estimate of drug-likeness (QED) is 0.706. The lowest BCUT2D eigenvalue weighted by Crippen LogP contribution is -2.41. The van der Waals surface area contributed by atoms with Crippen molar-refractivity contribution in [3.63, 3.8) is 0 Å². The van der Waals surface area contributed by atoms with Gasteiger partial charge in [-0.15, -0.1) is 0 Å². The lowest BCUT2D eigenvalue weighted by Gasteiger charge is -2.25. The first-order valence-electron chi connectivity index (χ1n) is 5.08. The van der Waals surface area contributed by atoms with E-state index in [9.17, 15) is 0 Å². The van der Waals surface area contributed by atoms with E-state index in [1.54, 1.807) is 0 Å². The fourth-order valence-electron chi connectivity index (χ4n) is 1.07. The van der Waals surface area contributed by atoms with E-state index < -0.39 is 0 Å². The van der Waals surface area contributed by atoms with Gasteiger partial charge in [0, 0.05) is 19.6 Å². The van der Waals surface area contributed by atoms with Crippen LogP contribution in [0, 0.1) is 17.2 Å². The smallest absolute Gasteiger partial charge is 0.168 e. The molecule has 0 spiro atoms. The molecule has 0 aromatic carbocycles. The van der Waals surface area contributed by atoms with Gasteiger partial charge in [0.2, 0.25) is 0 Å². The molecule has 1 atom stereocenters. The monoisotopic (exact) mass is 213 g/mol. The number of hydrogen-bond acceptors (Lipinski definition) is 2. The molecule has 4 heteroatoms. The Kier molecular flexibility index (Phi) is 7.13. The van der Waals surface area contributed by atoms with Crippen molar-refractivity contribution < 1.29 is 0 Å². The minimum atomic E-state index is 0.0244. The first-order valence-corrected chi connectivity index (χ1v) is 5.48. The third-order valence-electron chi connectivity index (χ3n) is 1.91. The zero-order valence-corrected chi connectivity index (χ0v) is 10.0. The Balaban J connectivity index is 4.00. The van der Waals surface area contributed by atoms with Gasteiger partial charge in [-0.1, -0.05) is 6.92 Å².